The lowest BCUT2D eigenvalue weighted by Crippen LogP contribution is -2.34. The van der Waals surface area contributed by atoms with Crippen LogP contribution in [0.1, 0.15) is 57.7 Å². The van der Waals surface area contributed by atoms with E-state index in [1.807, 2.05) is 6.92 Å². The van der Waals surface area contributed by atoms with Crippen LogP contribution in [0.15, 0.2) is 41.5 Å². The number of fused-ring (bicyclic) bond motifs is 1. The Bertz CT molecular complexity index is 699. The number of hydrogen-bond acceptors (Lipinski definition) is 2. The summed E-state index contributed by atoms with van der Waals surface area (Å²) in [6, 6.07) is 2.08. The van der Waals surface area contributed by atoms with E-state index in [9.17, 15) is 5.11 Å². The van der Waals surface area contributed by atoms with E-state index in [1.165, 1.54) is 11.1 Å². The van der Waals surface area contributed by atoms with Gasteiger partial charge in [-0.2, -0.15) is 0 Å². The summed E-state index contributed by atoms with van der Waals surface area (Å²) in [4.78, 5) is 0. The zero-order valence-electron chi connectivity index (χ0n) is 15.9. The van der Waals surface area contributed by atoms with Gasteiger partial charge in [-0.25, -0.2) is 0 Å². The minimum Gasteiger partial charge on any atom is -0.507 e. The number of hydrogen-bond donors (Lipinski definition) is 1. The molecule has 0 fully saturated rings. The van der Waals surface area contributed by atoms with Gasteiger partial charge in [0.15, 0.2) is 0 Å². The molecule has 2 heteroatoms. The fraction of sp³-hybridized carbons (Fsp3) is 0.455. The summed E-state index contributed by atoms with van der Waals surface area (Å²) < 4.78 is 6.25. The van der Waals surface area contributed by atoms with E-state index in [2.05, 4.69) is 65.0 Å². The standard InChI is InChI=1S/C22H30O2/c1-15(2)8-7-12-22(6)13-11-19-20(24-22)14-17(5)18(21(19)23)10-9-16(3)4/h7-9,12,14,23H,10-11,13H2,1-6H3/b12-7+/t22-/m0/s1. The summed E-state index contributed by atoms with van der Waals surface area (Å²) in [5.41, 5.74) is 5.26. The van der Waals surface area contributed by atoms with Gasteiger partial charge in [-0.15, -0.1) is 0 Å². The van der Waals surface area contributed by atoms with Crippen molar-refractivity contribution < 1.29 is 9.84 Å². The normalized spacial score (nSPS) is 19.6. The number of phenols is 1. The van der Waals surface area contributed by atoms with Crippen LogP contribution in [0.5, 0.6) is 11.5 Å². The van der Waals surface area contributed by atoms with Crippen LogP contribution in [-0.2, 0) is 12.8 Å². The Balaban J connectivity index is 2.32. The number of aromatic hydroxyl groups is 1. The summed E-state index contributed by atoms with van der Waals surface area (Å²) in [6.07, 6.45) is 10.9. The fourth-order valence-corrected chi connectivity index (χ4v) is 2.99. The number of ether oxygens (including phenoxy) is 1. The quantitative estimate of drug-likeness (QED) is 0.558. The Morgan fingerprint density at radius 1 is 1.25 bits per heavy atom. The molecule has 0 aliphatic carbocycles. The van der Waals surface area contributed by atoms with Crippen molar-refractivity contribution >= 4 is 0 Å². The van der Waals surface area contributed by atoms with Crippen LogP contribution < -0.4 is 4.74 Å². The zero-order chi connectivity index (χ0) is 17.9. The number of aryl methyl sites for hydroxylation is 1. The van der Waals surface area contributed by atoms with E-state index in [-0.39, 0.29) is 5.60 Å². The highest BCUT2D eigenvalue weighted by atomic mass is 16.5. The predicted octanol–water partition coefficient (Wildman–Crippen LogP) is 5.82. The molecule has 0 bridgehead atoms. The van der Waals surface area contributed by atoms with Crippen molar-refractivity contribution in [2.45, 2.75) is 66.4 Å². The van der Waals surface area contributed by atoms with Crippen LogP contribution >= 0.6 is 0 Å². The first kappa shape index (κ1) is 18.4. The molecule has 2 nitrogen and oxygen atoms in total. The second kappa shape index (κ2) is 7.29. The van der Waals surface area contributed by atoms with E-state index >= 15 is 0 Å². The maximum absolute atomic E-state index is 10.7. The van der Waals surface area contributed by atoms with Crippen LogP contribution in [0.25, 0.3) is 0 Å². The third-order valence-electron chi connectivity index (χ3n) is 4.50. The second-order valence-electron chi connectivity index (χ2n) is 7.50. The molecular weight excluding hydrogens is 296 g/mol. The number of phenolic OH excluding ortho intramolecular Hbond substituents is 1. The first-order valence-corrected chi connectivity index (χ1v) is 8.71. The van der Waals surface area contributed by atoms with Crippen molar-refractivity contribution in [3.63, 3.8) is 0 Å². The highest BCUT2D eigenvalue weighted by Gasteiger charge is 2.31. The maximum atomic E-state index is 10.7. The summed E-state index contributed by atoms with van der Waals surface area (Å²) >= 11 is 0. The SMILES string of the molecule is CC(C)=C/C=C/[C@@]1(C)CCc2c(cc(C)c(CC=C(C)C)c2O)O1. The Morgan fingerprint density at radius 2 is 1.96 bits per heavy atom. The molecule has 24 heavy (non-hydrogen) atoms. The summed E-state index contributed by atoms with van der Waals surface area (Å²) in [5, 5.41) is 10.7. The van der Waals surface area contributed by atoms with Gasteiger partial charge in [0, 0.05) is 11.1 Å². The van der Waals surface area contributed by atoms with E-state index in [0.29, 0.717) is 5.75 Å². The lowest BCUT2D eigenvalue weighted by atomic mass is 9.88. The molecule has 0 saturated carbocycles. The predicted molar refractivity (Wildman–Crippen MR) is 102 cm³/mol. The van der Waals surface area contributed by atoms with Gasteiger partial charge in [-0.1, -0.05) is 29.4 Å². The largest absolute Gasteiger partial charge is 0.507 e. The molecule has 1 N–H and O–H groups in total. The van der Waals surface area contributed by atoms with Crippen molar-refractivity contribution in [2.24, 2.45) is 0 Å². The molecule has 0 aromatic heterocycles. The van der Waals surface area contributed by atoms with Gasteiger partial charge in [0.25, 0.3) is 0 Å². The summed E-state index contributed by atoms with van der Waals surface area (Å²) in [5.74, 6) is 1.24. The van der Waals surface area contributed by atoms with Gasteiger partial charge in [-0.05, 0) is 78.5 Å². The van der Waals surface area contributed by atoms with Gasteiger partial charge in [0.05, 0.1) is 0 Å². The van der Waals surface area contributed by atoms with Crippen LogP contribution in [0, 0.1) is 6.92 Å². The fourth-order valence-electron chi connectivity index (χ4n) is 2.99. The van der Waals surface area contributed by atoms with Gasteiger partial charge in [0.1, 0.15) is 17.1 Å². The molecule has 0 amide bonds. The zero-order valence-corrected chi connectivity index (χ0v) is 15.9. The molecule has 1 aromatic carbocycles. The summed E-state index contributed by atoms with van der Waals surface area (Å²) in [7, 11) is 0. The van der Waals surface area contributed by atoms with Gasteiger partial charge < -0.3 is 9.84 Å². The van der Waals surface area contributed by atoms with Gasteiger partial charge in [-0.3, -0.25) is 0 Å². The molecule has 2 rings (SSSR count). The van der Waals surface area contributed by atoms with E-state index in [1.54, 1.807) is 0 Å². The van der Waals surface area contributed by atoms with E-state index < -0.39 is 0 Å². The molecule has 1 aliphatic rings. The van der Waals surface area contributed by atoms with Crippen LogP contribution in [-0.4, -0.2) is 10.7 Å². The monoisotopic (exact) mass is 326 g/mol. The van der Waals surface area contributed by atoms with Crippen molar-refractivity contribution in [1.82, 2.24) is 0 Å². The van der Waals surface area contributed by atoms with Crippen LogP contribution in [0.2, 0.25) is 0 Å². The average Bonchev–Trinajstić information content (AvgIpc) is 2.45. The topological polar surface area (TPSA) is 29.5 Å². The van der Waals surface area contributed by atoms with E-state index in [0.717, 1.165) is 41.7 Å². The molecule has 1 atom stereocenters. The molecular formula is C22H30O2. The molecule has 0 saturated heterocycles. The Labute approximate surface area is 146 Å². The van der Waals surface area contributed by atoms with Gasteiger partial charge >= 0.3 is 0 Å². The van der Waals surface area contributed by atoms with Crippen molar-refractivity contribution in [2.75, 3.05) is 0 Å². The number of allylic oxidation sites excluding steroid dienone is 5. The minimum atomic E-state index is -0.320. The minimum absolute atomic E-state index is 0.320. The third-order valence-corrected chi connectivity index (χ3v) is 4.50. The Morgan fingerprint density at radius 3 is 2.58 bits per heavy atom. The first-order valence-electron chi connectivity index (χ1n) is 8.71. The molecule has 1 heterocycles. The molecule has 130 valence electrons. The number of benzene rings is 1. The third kappa shape index (κ3) is 4.31. The lowest BCUT2D eigenvalue weighted by Gasteiger charge is -2.34. The molecule has 0 spiro atoms. The molecule has 1 aliphatic heterocycles. The molecule has 0 unspecified atom stereocenters. The first-order chi connectivity index (χ1) is 11.2. The lowest BCUT2D eigenvalue weighted by molar-refractivity contribution is 0.113. The maximum Gasteiger partial charge on any atom is 0.127 e. The van der Waals surface area contributed by atoms with Gasteiger partial charge in [0.2, 0.25) is 0 Å². The number of rotatable bonds is 4. The summed E-state index contributed by atoms with van der Waals surface area (Å²) in [6.45, 7) is 12.5. The van der Waals surface area contributed by atoms with Crippen molar-refractivity contribution in [3.8, 4) is 11.5 Å². The molecule has 0 radical (unpaired) electrons. The van der Waals surface area contributed by atoms with E-state index in [4.69, 9.17) is 4.74 Å². The average molecular weight is 326 g/mol. The highest BCUT2D eigenvalue weighted by Crippen LogP contribution is 2.42. The Kier molecular flexibility index (Phi) is 5.58. The van der Waals surface area contributed by atoms with Crippen molar-refractivity contribution in [1.29, 1.82) is 0 Å². The second-order valence-corrected chi connectivity index (χ2v) is 7.50. The van der Waals surface area contributed by atoms with Crippen LogP contribution in [0.3, 0.4) is 0 Å². The smallest absolute Gasteiger partial charge is 0.127 e. The molecule has 1 aromatic rings. The van der Waals surface area contributed by atoms with Crippen molar-refractivity contribution in [3.05, 3.63) is 58.2 Å². The van der Waals surface area contributed by atoms with Crippen LogP contribution in [0.4, 0.5) is 0 Å². The Hall–Kier alpha value is -1.96. The highest BCUT2D eigenvalue weighted by molar-refractivity contribution is 5.55.